The minimum absolute atomic E-state index is 0.130. The molecule has 1 saturated heterocycles. The van der Waals surface area contributed by atoms with E-state index in [1.807, 2.05) is 0 Å². The third-order valence-corrected chi connectivity index (χ3v) is 3.74. The molecule has 3 rings (SSSR count). The van der Waals surface area contributed by atoms with Crippen LogP contribution in [0.15, 0.2) is 18.2 Å². The Morgan fingerprint density at radius 3 is 3.00 bits per heavy atom. The average molecular weight is 242 g/mol. The van der Waals surface area contributed by atoms with Gasteiger partial charge in [0.25, 0.3) is 0 Å². The lowest BCUT2D eigenvalue weighted by molar-refractivity contribution is 0.0248. The molecule has 18 heavy (non-hydrogen) atoms. The van der Waals surface area contributed by atoms with Crippen molar-refractivity contribution >= 4 is 19.1 Å². The van der Waals surface area contributed by atoms with Gasteiger partial charge >= 0.3 is 0 Å². The van der Waals surface area contributed by atoms with Gasteiger partial charge in [-0.15, -0.1) is 0 Å². The minimum atomic E-state index is -0.364. The van der Waals surface area contributed by atoms with Crippen LogP contribution in [-0.2, 0) is 4.74 Å². The number of ketones is 1. The van der Waals surface area contributed by atoms with Crippen LogP contribution in [0, 0.1) is 0 Å². The van der Waals surface area contributed by atoms with Crippen molar-refractivity contribution in [3.05, 3.63) is 23.8 Å². The van der Waals surface area contributed by atoms with Crippen LogP contribution >= 0.6 is 0 Å². The first-order valence-corrected chi connectivity index (χ1v) is 6.38. The lowest BCUT2D eigenvalue weighted by Gasteiger charge is -2.37. The molecule has 1 unspecified atom stereocenters. The van der Waals surface area contributed by atoms with Crippen molar-refractivity contribution in [2.24, 2.45) is 0 Å². The number of carbonyl (C=O) groups excluding carboxylic acids is 1. The first-order valence-electron chi connectivity index (χ1n) is 6.38. The Balaban J connectivity index is 1.95. The Bertz CT molecular complexity index is 476. The predicted octanol–water partition coefficient (Wildman–Crippen LogP) is 1.38. The van der Waals surface area contributed by atoms with E-state index in [2.05, 4.69) is 0 Å². The highest BCUT2D eigenvalue weighted by atomic mass is 16.5. The normalized spacial score (nSPS) is 27.4. The third-order valence-electron chi connectivity index (χ3n) is 3.74. The summed E-state index contributed by atoms with van der Waals surface area (Å²) in [6.45, 7) is 1.42. The summed E-state index contributed by atoms with van der Waals surface area (Å²) in [6, 6.07) is 5.28. The van der Waals surface area contributed by atoms with Crippen LogP contribution in [0.2, 0.25) is 0 Å². The summed E-state index contributed by atoms with van der Waals surface area (Å²) >= 11 is 0. The Morgan fingerprint density at radius 2 is 2.11 bits per heavy atom. The van der Waals surface area contributed by atoms with Crippen molar-refractivity contribution in [3.8, 4) is 5.75 Å². The lowest BCUT2D eigenvalue weighted by atomic mass is 9.83. The quantitative estimate of drug-likeness (QED) is 0.645. The van der Waals surface area contributed by atoms with Gasteiger partial charge in [-0.25, -0.2) is 0 Å². The van der Waals surface area contributed by atoms with Crippen LogP contribution in [0.5, 0.6) is 5.75 Å². The molecule has 2 aliphatic heterocycles. The Kier molecular flexibility index (Phi) is 2.90. The van der Waals surface area contributed by atoms with Crippen molar-refractivity contribution in [1.82, 2.24) is 0 Å². The average Bonchev–Trinajstić information content (AvgIpc) is 2.56. The number of rotatable bonds is 0. The Labute approximate surface area is 108 Å². The number of hydrogen-bond acceptors (Lipinski definition) is 3. The highest BCUT2D eigenvalue weighted by Gasteiger charge is 2.40. The van der Waals surface area contributed by atoms with Gasteiger partial charge in [-0.3, -0.25) is 4.79 Å². The van der Waals surface area contributed by atoms with Gasteiger partial charge in [-0.1, -0.05) is 17.6 Å². The van der Waals surface area contributed by atoms with E-state index in [9.17, 15) is 4.79 Å². The summed E-state index contributed by atoms with van der Waals surface area (Å²) < 4.78 is 11.6. The number of carbonyl (C=O) groups is 1. The van der Waals surface area contributed by atoms with Gasteiger partial charge in [0.1, 0.15) is 19.2 Å². The molecule has 3 nitrogen and oxygen atoms in total. The molecule has 1 aromatic rings. The zero-order valence-corrected chi connectivity index (χ0v) is 10.3. The fourth-order valence-corrected chi connectivity index (χ4v) is 2.77. The number of ether oxygens (including phenoxy) is 2. The zero-order chi connectivity index (χ0) is 12.6. The van der Waals surface area contributed by atoms with Crippen LogP contribution < -0.4 is 10.2 Å². The molecule has 2 heterocycles. The second-order valence-corrected chi connectivity index (χ2v) is 5.11. The topological polar surface area (TPSA) is 35.5 Å². The van der Waals surface area contributed by atoms with Gasteiger partial charge in [0.2, 0.25) is 0 Å². The summed E-state index contributed by atoms with van der Waals surface area (Å²) in [4.78, 5) is 12.2. The van der Waals surface area contributed by atoms with E-state index < -0.39 is 0 Å². The third kappa shape index (κ3) is 2.05. The monoisotopic (exact) mass is 242 g/mol. The van der Waals surface area contributed by atoms with Gasteiger partial charge in [0.15, 0.2) is 5.78 Å². The molecule has 1 spiro atoms. The number of fused-ring (bicyclic) bond motifs is 1. The van der Waals surface area contributed by atoms with Crippen LogP contribution in [0.3, 0.4) is 0 Å². The maximum atomic E-state index is 12.2. The Morgan fingerprint density at radius 1 is 1.22 bits per heavy atom. The number of benzene rings is 1. The molecular weight excluding hydrogens is 227 g/mol. The summed E-state index contributed by atoms with van der Waals surface area (Å²) in [7, 11) is 5.71. The molecule has 1 atom stereocenters. The van der Waals surface area contributed by atoms with Crippen molar-refractivity contribution in [2.75, 3.05) is 13.2 Å². The molecule has 1 aromatic carbocycles. The van der Waals surface area contributed by atoms with Gasteiger partial charge in [-0.05, 0) is 18.9 Å². The van der Waals surface area contributed by atoms with Gasteiger partial charge in [-0.2, -0.15) is 0 Å². The highest BCUT2D eigenvalue weighted by Crippen LogP contribution is 2.38. The van der Waals surface area contributed by atoms with Crippen molar-refractivity contribution in [1.29, 1.82) is 0 Å². The molecule has 0 aliphatic carbocycles. The molecule has 0 bridgehead atoms. The fraction of sp³-hybridized carbons (Fsp3) is 0.500. The minimum Gasteiger partial charge on any atom is -0.486 e. The predicted molar refractivity (Wildman–Crippen MR) is 68.8 cm³/mol. The molecule has 0 N–H and O–H groups in total. The summed E-state index contributed by atoms with van der Waals surface area (Å²) in [5, 5.41) is 0. The molecule has 4 heteroatoms. The zero-order valence-electron chi connectivity index (χ0n) is 10.3. The Hall–Kier alpha value is -1.29. The van der Waals surface area contributed by atoms with E-state index in [4.69, 9.17) is 17.3 Å². The molecule has 2 aliphatic rings. The van der Waals surface area contributed by atoms with E-state index >= 15 is 0 Å². The summed E-state index contributed by atoms with van der Waals surface area (Å²) in [5.41, 5.74) is 0.855. The van der Waals surface area contributed by atoms with E-state index in [1.54, 1.807) is 18.2 Å². The van der Waals surface area contributed by atoms with Crippen LogP contribution in [0.25, 0.3) is 0 Å². The van der Waals surface area contributed by atoms with Gasteiger partial charge in [0, 0.05) is 13.0 Å². The number of Topliss-reactive ketones (excluding diaryl/α,β-unsaturated/α-hetero) is 1. The van der Waals surface area contributed by atoms with Crippen LogP contribution in [-0.4, -0.2) is 32.4 Å². The SMILES string of the molecule is [B]c1ccc2c(c1)C(=O)CC1(CCCOCC1)O2. The molecule has 1 fully saturated rings. The largest absolute Gasteiger partial charge is 0.486 e. The second-order valence-electron chi connectivity index (χ2n) is 5.11. The van der Waals surface area contributed by atoms with Crippen molar-refractivity contribution in [3.63, 3.8) is 0 Å². The molecule has 0 aromatic heterocycles. The van der Waals surface area contributed by atoms with E-state index in [0.717, 1.165) is 25.9 Å². The second kappa shape index (κ2) is 4.43. The standard InChI is InChI=1S/C14H15BO3/c15-10-2-3-13-11(8-10)12(16)9-14(18-13)4-1-6-17-7-5-14/h2-3,8H,1,4-7,9H2. The molecule has 0 amide bonds. The molecule has 2 radical (unpaired) electrons. The van der Waals surface area contributed by atoms with E-state index in [1.165, 1.54) is 0 Å². The van der Waals surface area contributed by atoms with E-state index in [-0.39, 0.29) is 11.4 Å². The van der Waals surface area contributed by atoms with E-state index in [0.29, 0.717) is 29.8 Å². The smallest absolute Gasteiger partial charge is 0.170 e. The van der Waals surface area contributed by atoms with Gasteiger partial charge < -0.3 is 9.47 Å². The summed E-state index contributed by atoms with van der Waals surface area (Å²) in [6.07, 6.45) is 3.04. The van der Waals surface area contributed by atoms with Crippen LogP contribution in [0.1, 0.15) is 36.0 Å². The molecule has 92 valence electrons. The molecule has 0 saturated carbocycles. The van der Waals surface area contributed by atoms with Crippen molar-refractivity contribution < 1.29 is 14.3 Å². The maximum absolute atomic E-state index is 12.2. The maximum Gasteiger partial charge on any atom is 0.170 e. The van der Waals surface area contributed by atoms with Crippen molar-refractivity contribution in [2.45, 2.75) is 31.3 Å². The fourth-order valence-electron chi connectivity index (χ4n) is 2.77. The highest BCUT2D eigenvalue weighted by molar-refractivity contribution is 6.32. The first-order chi connectivity index (χ1) is 8.69. The first kappa shape index (κ1) is 11.8. The molecular formula is C14H15BO3. The number of hydrogen-bond donors (Lipinski definition) is 0. The van der Waals surface area contributed by atoms with Gasteiger partial charge in [0.05, 0.1) is 18.6 Å². The lowest BCUT2D eigenvalue weighted by Crippen LogP contribution is -2.42. The summed E-state index contributed by atoms with van der Waals surface area (Å²) in [5.74, 6) is 0.799. The van der Waals surface area contributed by atoms with Crippen LogP contribution in [0.4, 0.5) is 0 Å².